The summed E-state index contributed by atoms with van der Waals surface area (Å²) in [5.74, 6) is 0.746. The third-order valence-corrected chi connectivity index (χ3v) is 4.96. The zero-order chi connectivity index (χ0) is 11.8. The van der Waals surface area contributed by atoms with Gasteiger partial charge in [-0.3, -0.25) is 0 Å². The van der Waals surface area contributed by atoms with Crippen molar-refractivity contribution in [3.05, 3.63) is 20.3 Å². The molecule has 0 aromatic carbocycles. The lowest BCUT2D eigenvalue weighted by atomic mass is 9.82. The van der Waals surface area contributed by atoms with Crippen LogP contribution in [0.3, 0.4) is 0 Å². The van der Waals surface area contributed by atoms with Crippen molar-refractivity contribution in [2.45, 2.75) is 38.3 Å². The highest BCUT2D eigenvalue weighted by Crippen LogP contribution is 2.41. The second-order valence-corrected chi connectivity index (χ2v) is 6.69. The van der Waals surface area contributed by atoms with Crippen LogP contribution in [0, 0.1) is 5.92 Å². The smallest absolute Gasteiger partial charge is 0.166 e. The topological polar surface area (TPSA) is 0 Å². The molecule has 16 heavy (non-hydrogen) atoms. The zero-order valence-electron chi connectivity index (χ0n) is 8.61. The number of rotatable bonds is 3. The highest BCUT2D eigenvalue weighted by molar-refractivity contribution is 9.11. The third-order valence-electron chi connectivity index (χ3n) is 3.07. The average molecular weight is 313 g/mol. The Morgan fingerprint density at radius 3 is 2.50 bits per heavy atom. The molecule has 0 N–H and O–H groups in total. The lowest BCUT2D eigenvalue weighted by molar-refractivity contribution is -0.137. The molecular weight excluding hydrogens is 301 g/mol. The van der Waals surface area contributed by atoms with E-state index in [1.807, 2.05) is 0 Å². The Bertz CT molecular complexity index is 366. The number of aryl methyl sites for hydroxylation is 1. The molecule has 1 aliphatic rings. The molecule has 90 valence electrons. The molecule has 0 aliphatic heterocycles. The Kier molecular flexibility index (Phi) is 3.64. The molecule has 0 unspecified atom stereocenters. The highest BCUT2D eigenvalue weighted by Gasteiger charge is 2.34. The van der Waals surface area contributed by atoms with E-state index >= 15 is 0 Å². The fourth-order valence-electron chi connectivity index (χ4n) is 1.86. The number of thiophene rings is 1. The van der Waals surface area contributed by atoms with Gasteiger partial charge in [-0.1, -0.05) is 19.3 Å². The molecule has 0 nitrogen and oxygen atoms in total. The molecule has 0 radical (unpaired) electrons. The molecule has 1 aromatic rings. The SMILES string of the molecule is FC(F)(F)c1cc(CCC2CCC2)sc1Br. The molecule has 1 aromatic heterocycles. The summed E-state index contributed by atoms with van der Waals surface area (Å²) in [7, 11) is 0. The summed E-state index contributed by atoms with van der Waals surface area (Å²) in [6, 6.07) is 1.29. The number of alkyl halides is 3. The first-order valence-electron chi connectivity index (χ1n) is 5.32. The minimum Gasteiger partial charge on any atom is -0.166 e. The number of hydrogen-bond donors (Lipinski definition) is 0. The zero-order valence-corrected chi connectivity index (χ0v) is 11.0. The summed E-state index contributed by atoms with van der Waals surface area (Å²) in [5, 5.41) is 0. The minimum atomic E-state index is -4.23. The molecule has 0 atom stereocenters. The lowest BCUT2D eigenvalue weighted by Gasteiger charge is -2.24. The molecule has 5 heteroatoms. The maximum Gasteiger partial charge on any atom is 0.418 e. The predicted molar refractivity (Wildman–Crippen MR) is 62.7 cm³/mol. The monoisotopic (exact) mass is 312 g/mol. The molecule has 1 fully saturated rings. The Labute approximate surface area is 105 Å². The predicted octanol–water partition coefficient (Wildman–Crippen LogP) is 5.26. The van der Waals surface area contributed by atoms with Crippen LogP contribution in [0.1, 0.15) is 36.1 Å². The third kappa shape index (κ3) is 2.80. The van der Waals surface area contributed by atoms with E-state index < -0.39 is 11.7 Å². The highest BCUT2D eigenvalue weighted by atomic mass is 79.9. The Balaban J connectivity index is 1.99. The molecule has 1 heterocycles. The van der Waals surface area contributed by atoms with Crippen LogP contribution < -0.4 is 0 Å². The summed E-state index contributed by atoms with van der Waals surface area (Å²) >= 11 is 4.20. The first kappa shape index (κ1) is 12.4. The van der Waals surface area contributed by atoms with Crippen LogP contribution in [0.15, 0.2) is 9.85 Å². The van der Waals surface area contributed by atoms with Crippen LogP contribution in [0.5, 0.6) is 0 Å². The van der Waals surface area contributed by atoms with Gasteiger partial charge in [0.05, 0.1) is 9.35 Å². The second-order valence-electron chi connectivity index (χ2n) is 4.23. The average Bonchev–Trinajstić information content (AvgIpc) is 2.43. The quantitative estimate of drug-likeness (QED) is 0.714. The Morgan fingerprint density at radius 2 is 2.06 bits per heavy atom. The summed E-state index contributed by atoms with van der Waals surface area (Å²) in [4.78, 5) is 0.839. The van der Waals surface area contributed by atoms with E-state index in [1.165, 1.54) is 36.7 Å². The van der Waals surface area contributed by atoms with Gasteiger partial charge in [-0.05, 0) is 40.8 Å². The van der Waals surface area contributed by atoms with Crippen molar-refractivity contribution in [2.75, 3.05) is 0 Å². The second kappa shape index (κ2) is 4.69. The van der Waals surface area contributed by atoms with Crippen molar-refractivity contribution < 1.29 is 13.2 Å². The van der Waals surface area contributed by atoms with Gasteiger partial charge >= 0.3 is 6.18 Å². The molecule has 1 saturated carbocycles. The minimum absolute atomic E-state index is 0.212. The van der Waals surface area contributed by atoms with Crippen LogP contribution in [0.4, 0.5) is 13.2 Å². The van der Waals surface area contributed by atoms with Crippen LogP contribution in [0.2, 0.25) is 0 Å². The van der Waals surface area contributed by atoms with Crippen molar-refractivity contribution in [1.82, 2.24) is 0 Å². The van der Waals surface area contributed by atoms with E-state index in [4.69, 9.17) is 0 Å². The van der Waals surface area contributed by atoms with Gasteiger partial charge in [-0.2, -0.15) is 13.2 Å². The van der Waals surface area contributed by atoms with E-state index in [0.29, 0.717) is 0 Å². The summed E-state index contributed by atoms with van der Waals surface area (Å²) in [6.45, 7) is 0. The molecule has 0 amide bonds. The standard InChI is InChI=1S/C11H12BrF3S/c12-10-9(11(13,14)15)6-8(16-10)5-4-7-2-1-3-7/h6-7H,1-5H2. The van der Waals surface area contributed by atoms with Gasteiger partial charge in [0.15, 0.2) is 0 Å². The normalized spacial score (nSPS) is 17.5. The van der Waals surface area contributed by atoms with Crippen molar-refractivity contribution in [3.63, 3.8) is 0 Å². The molecule has 0 spiro atoms. The van der Waals surface area contributed by atoms with Gasteiger partial charge < -0.3 is 0 Å². The van der Waals surface area contributed by atoms with Gasteiger partial charge in [-0.25, -0.2) is 0 Å². The molecular formula is C11H12BrF3S. The number of halogens is 4. The molecule has 0 bridgehead atoms. The molecule has 2 rings (SSSR count). The fourth-order valence-corrected chi connectivity index (χ4v) is 3.74. The van der Waals surface area contributed by atoms with Crippen LogP contribution in [-0.4, -0.2) is 0 Å². The fraction of sp³-hybridized carbons (Fsp3) is 0.636. The van der Waals surface area contributed by atoms with Crippen molar-refractivity contribution >= 4 is 27.3 Å². The van der Waals surface area contributed by atoms with E-state index in [2.05, 4.69) is 15.9 Å². The van der Waals surface area contributed by atoms with E-state index in [9.17, 15) is 13.2 Å². The maximum absolute atomic E-state index is 12.5. The lowest BCUT2D eigenvalue weighted by Crippen LogP contribution is -2.11. The Hall–Kier alpha value is -0.0300. The van der Waals surface area contributed by atoms with Gasteiger partial charge in [0.25, 0.3) is 0 Å². The largest absolute Gasteiger partial charge is 0.418 e. The summed E-state index contributed by atoms with van der Waals surface area (Å²) < 4.78 is 37.8. The molecule has 0 saturated heterocycles. The van der Waals surface area contributed by atoms with Crippen LogP contribution >= 0.6 is 27.3 Å². The van der Waals surface area contributed by atoms with Gasteiger partial charge in [0, 0.05) is 4.88 Å². The van der Waals surface area contributed by atoms with Crippen LogP contribution in [-0.2, 0) is 12.6 Å². The summed E-state index contributed by atoms with van der Waals surface area (Å²) in [6.07, 6.45) is 1.36. The first-order chi connectivity index (χ1) is 7.47. The van der Waals surface area contributed by atoms with Gasteiger partial charge in [0.2, 0.25) is 0 Å². The number of hydrogen-bond acceptors (Lipinski definition) is 1. The summed E-state index contributed by atoms with van der Waals surface area (Å²) in [5.41, 5.74) is -0.527. The maximum atomic E-state index is 12.5. The van der Waals surface area contributed by atoms with Gasteiger partial charge in [0.1, 0.15) is 0 Å². The van der Waals surface area contributed by atoms with Crippen molar-refractivity contribution in [3.8, 4) is 0 Å². The van der Waals surface area contributed by atoms with Crippen molar-refractivity contribution in [1.29, 1.82) is 0 Å². The van der Waals surface area contributed by atoms with Crippen LogP contribution in [0.25, 0.3) is 0 Å². The van der Waals surface area contributed by atoms with E-state index in [0.717, 1.165) is 23.6 Å². The van der Waals surface area contributed by atoms with Gasteiger partial charge in [-0.15, -0.1) is 11.3 Å². The van der Waals surface area contributed by atoms with Crippen molar-refractivity contribution in [2.24, 2.45) is 5.92 Å². The Morgan fingerprint density at radius 1 is 1.38 bits per heavy atom. The first-order valence-corrected chi connectivity index (χ1v) is 6.93. The van der Waals surface area contributed by atoms with E-state index in [-0.39, 0.29) is 3.79 Å². The molecule has 1 aliphatic carbocycles. The van der Waals surface area contributed by atoms with E-state index in [1.54, 1.807) is 0 Å².